The minimum Gasteiger partial charge on any atom is -0.393 e. The van der Waals surface area contributed by atoms with E-state index in [1.807, 2.05) is 0 Å². The number of rotatable bonds is 6. The molecule has 5 heteroatoms. The van der Waals surface area contributed by atoms with Crippen LogP contribution in [0.2, 0.25) is 0 Å². The number of aliphatic hydroxyl groups is 2. The Morgan fingerprint density at radius 3 is 2.33 bits per heavy atom. The molecular formula is C13H17NO4. The molecule has 0 aliphatic heterocycles. The van der Waals surface area contributed by atoms with Crippen molar-refractivity contribution in [3.8, 4) is 0 Å². The summed E-state index contributed by atoms with van der Waals surface area (Å²) in [4.78, 5) is 10.00. The first-order valence-electron chi connectivity index (χ1n) is 5.67. The Balaban J connectivity index is 2.64. The number of nitro groups is 1. The van der Waals surface area contributed by atoms with Crippen LogP contribution in [-0.2, 0) is 0 Å². The van der Waals surface area contributed by atoms with Gasteiger partial charge in [0.05, 0.1) is 17.1 Å². The number of hydrogen-bond donors (Lipinski definition) is 2. The SMILES string of the molecule is C=C(C[C@H](C)O)C[C@@H](O)c1ccc([N+](=O)[O-])cc1. The minimum absolute atomic E-state index is 0.00578. The topological polar surface area (TPSA) is 83.6 Å². The summed E-state index contributed by atoms with van der Waals surface area (Å²) in [5.41, 5.74) is 1.34. The second kappa shape index (κ2) is 6.28. The fourth-order valence-corrected chi connectivity index (χ4v) is 1.71. The molecule has 0 aliphatic rings. The van der Waals surface area contributed by atoms with Gasteiger partial charge in [0.15, 0.2) is 0 Å². The highest BCUT2D eigenvalue weighted by Gasteiger charge is 2.12. The predicted molar refractivity (Wildman–Crippen MR) is 68.1 cm³/mol. The van der Waals surface area contributed by atoms with Crippen LogP contribution in [0.25, 0.3) is 0 Å². The van der Waals surface area contributed by atoms with E-state index in [0.29, 0.717) is 18.4 Å². The quantitative estimate of drug-likeness (QED) is 0.462. The molecule has 18 heavy (non-hydrogen) atoms. The van der Waals surface area contributed by atoms with Crippen LogP contribution in [0.15, 0.2) is 36.4 Å². The lowest BCUT2D eigenvalue weighted by atomic mass is 9.99. The van der Waals surface area contributed by atoms with Gasteiger partial charge in [0.2, 0.25) is 0 Å². The first-order chi connectivity index (χ1) is 8.40. The van der Waals surface area contributed by atoms with Crippen LogP contribution >= 0.6 is 0 Å². The normalized spacial score (nSPS) is 13.9. The summed E-state index contributed by atoms with van der Waals surface area (Å²) in [7, 11) is 0. The maximum absolute atomic E-state index is 10.5. The van der Waals surface area contributed by atoms with Crippen molar-refractivity contribution in [1.29, 1.82) is 0 Å². The van der Waals surface area contributed by atoms with Gasteiger partial charge in [-0.15, -0.1) is 0 Å². The Labute approximate surface area is 106 Å². The van der Waals surface area contributed by atoms with Crippen molar-refractivity contribution in [2.75, 3.05) is 0 Å². The summed E-state index contributed by atoms with van der Waals surface area (Å²) in [5, 5.41) is 29.6. The molecular weight excluding hydrogens is 234 g/mol. The van der Waals surface area contributed by atoms with Gasteiger partial charge in [0.25, 0.3) is 5.69 Å². The number of non-ortho nitro benzene ring substituents is 1. The van der Waals surface area contributed by atoms with E-state index in [1.54, 1.807) is 6.92 Å². The van der Waals surface area contributed by atoms with E-state index in [1.165, 1.54) is 24.3 Å². The van der Waals surface area contributed by atoms with Gasteiger partial charge in [-0.3, -0.25) is 10.1 Å². The summed E-state index contributed by atoms with van der Waals surface area (Å²) >= 11 is 0. The first kappa shape index (κ1) is 14.3. The number of benzene rings is 1. The number of nitro benzene ring substituents is 1. The van der Waals surface area contributed by atoms with Gasteiger partial charge >= 0.3 is 0 Å². The third-order valence-electron chi connectivity index (χ3n) is 2.55. The molecule has 0 saturated carbocycles. The average Bonchev–Trinajstić information content (AvgIpc) is 2.27. The zero-order valence-electron chi connectivity index (χ0n) is 10.2. The van der Waals surface area contributed by atoms with E-state index in [-0.39, 0.29) is 5.69 Å². The van der Waals surface area contributed by atoms with Crippen LogP contribution in [0, 0.1) is 10.1 Å². The molecule has 0 fully saturated rings. The number of nitrogens with zero attached hydrogens (tertiary/aromatic N) is 1. The molecule has 5 nitrogen and oxygen atoms in total. The van der Waals surface area contributed by atoms with Crippen molar-refractivity contribution >= 4 is 5.69 Å². The second-order valence-electron chi connectivity index (χ2n) is 4.37. The van der Waals surface area contributed by atoms with E-state index in [9.17, 15) is 20.3 Å². The third kappa shape index (κ3) is 4.27. The fourth-order valence-electron chi connectivity index (χ4n) is 1.71. The molecule has 1 aromatic rings. The molecule has 0 unspecified atom stereocenters. The predicted octanol–water partition coefficient (Wildman–Crippen LogP) is 2.35. The molecule has 0 aliphatic carbocycles. The highest BCUT2D eigenvalue weighted by molar-refractivity contribution is 5.34. The van der Waals surface area contributed by atoms with Gasteiger partial charge in [0.1, 0.15) is 0 Å². The molecule has 0 spiro atoms. The molecule has 0 radical (unpaired) electrons. The lowest BCUT2D eigenvalue weighted by Crippen LogP contribution is -2.05. The van der Waals surface area contributed by atoms with Gasteiger partial charge in [-0.05, 0) is 37.5 Å². The molecule has 0 saturated heterocycles. The number of hydrogen-bond acceptors (Lipinski definition) is 4. The third-order valence-corrected chi connectivity index (χ3v) is 2.55. The summed E-state index contributed by atoms with van der Waals surface area (Å²) in [6.45, 7) is 5.43. The Kier molecular flexibility index (Phi) is 5.00. The zero-order chi connectivity index (χ0) is 13.7. The van der Waals surface area contributed by atoms with Crippen LogP contribution in [-0.4, -0.2) is 21.2 Å². The molecule has 2 N–H and O–H groups in total. The van der Waals surface area contributed by atoms with Crippen LogP contribution in [0.5, 0.6) is 0 Å². The molecule has 0 bridgehead atoms. The summed E-state index contributed by atoms with van der Waals surface area (Å²) < 4.78 is 0. The maximum atomic E-state index is 10.5. The zero-order valence-corrected chi connectivity index (χ0v) is 10.2. The maximum Gasteiger partial charge on any atom is 0.269 e. The van der Waals surface area contributed by atoms with Crippen molar-refractivity contribution < 1.29 is 15.1 Å². The molecule has 98 valence electrons. The van der Waals surface area contributed by atoms with Crippen molar-refractivity contribution in [2.45, 2.75) is 32.0 Å². The number of aliphatic hydroxyl groups excluding tert-OH is 2. The lowest BCUT2D eigenvalue weighted by Gasteiger charge is -2.13. The van der Waals surface area contributed by atoms with Gasteiger partial charge < -0.3 is 10.2 Å². The Hall–Kier alpha value is -1.72. The fraction of sp³-hybridized carbons (Fsp3) is 0.385. The summed E-state index contributed by atoms with van der Waals surface area (Å²) in [6.07, 6.45) is -0.467. The smallest absolute Gasteiger partial charge is 0.269 e. The molecule has 0 amide bonds. The van der Waals surface area contributed by atoms with Gasteiger partial charge in [-0.2, -0.15) is 0 Å². The van der Waals surface area contributed by atoms with Crippen LogP contribution < -0.4 is 0 Å². The molecule has 1 rings (SSSR count). The van der Waals surface area contributed by atoms with E-state index in [2.05, 4.69) is 6.58 Å². The van der Waals surface area contributed by atoms with Crippen LogP contribution in [0.1, 0.15) is 31.4 Å². The molecule has 1 aromatic carbocycles. The van der Waals surface area contributed by atoms with Crippen molar-refractivity contribution in [3.05, 3.63) is 52.1 Å². The van der Waals surface area contributed by atoms with E-state index in [4.69, 9.17) is 0 Å². The standard InChI is InChI=1S/C13H17NO4/c1-9(7-10(2)15)8-13(16)11-3-5-12(6-4-11)14(17)18/h3-6,10,13,15-16H,1,7-8H2,2H3/t10-,13+/m0/s1. The minimum atomic E-state index is -0.753. The molecule has 2 atom stereocenters. The van der Waals surface area contributed by atoms with Crippen molar-refractivity contribution in [1.82, 2.24) is 0 Å². The van der Waals surface area contributed by atoms with Gasteiger partial charge in [-0.1, -0.05) is 12.2 Å². The Morgan fingerprint density at radius 1 is 1.33 bits per heavy atom. The van der Waals surface area contributed by atoms with Crippen molar-refractivity contribution in [3.63, 3.8) is 0 Å². The van der Waals surface area contributed by atoms with Crippen LogP contribution in [0.4, 0.5) is 5.69 Å². The largest absolute Gasteiger partial charge is 0.393 e. The first-order valence-corrected chi connectivity index (χ1v) is 5.67. The van der Waals surface area contributed by atoms with Gasteiger partial charge in [-0.25, -0.2) is 0 Å². The van der Waals surface area contributed by atoms with E-state index in [0.717, 1.165) is 5.57 Å². The summed E-state index contributed by atoms with van der Waals surface area (Å²) in [6, 6.07) is 5.77. The highest BCUT2D eigenvalue weighted by Crippen LogP contribution is 2.24. The molecule has 0 heterocycles. The highest BCUT2D eigenvalue weighted by atomic mass is 16.6. The monoisotopic (exact) mass is 251 g/mol. The van der Waals surface area contributed by atoms with Gasteiger partial charge in [0, 0.05) is 12.1 Å². The van der Waals surface area contributed by atoms with Crippen LogP contribution in [0.3, 0.4) is 0 Å². The lowest BCUT2D eigenvalue weighted by molar-refractivity contribution is -0.384. The Bertz CT molecular complexity index is 425. The van der Waals surface area contributed by atoms with E-state index >= 15 is 0 Å². The average molecular weight is 251 g/mol. The Morgan fingerprint density at radius 2 is 1.89 bits per heavy atom. The van der Waals surface area contributed by atoms with E-state index < -0.39 is 17.1 Å². The summed E-state index contributed by atoms with van der Waals surface area (Å²) in [5.74, 6) is 0. The van der Waals surface area contributed by atoms with Crippen molar-refractivity contribution in [2.24, 2.45) is 0 Å². The molecule has 0 aromatic heterocycles. The second-order valence-corrected chi connectivity index (χ2v) is 4.37.